The Kier molecular flexibility index (Phi) is 5.18. The number of hydrogen-bond donors (Lipinski definition) is 1. The van der Waals surface area contributed by atoms with E-state index < -0.39 is 6.10 Å². The number of rotatable bonds is 4. The van der Waals surface area contributed by atoms with Gasteiger partial charge in [-0.25, -0.2) is 13.8 Å². The van der Waals surface area contributed by atoms with Crippen molar-refractivity contribution in [2.75, 3.05) is 18.0 Å². The highest BCUT2D eigenvalue weighted by atomic mass is 32.1. The molecule has 0 bridgehead atoms. The molecule has 4 rings (SSSR count). The molecule has 2 heterocycles. The summed E-state index contributed by atoms with van der Waals surface area (Å²) in [6, 6.07) is 12.4. The number of nitrogens with zero attached hydrogens (tertiary/aromatic N) is 2. The number of aliphatic hydroxyl groups excluding tert-OH is 1. The second-order valence-electron chi connectivity index (χ2n) is 6.84. The predicted octanol–water partition coefficient (Wildman–Crippen LogP) is 5.04. The number of halogens is 2. The molecule has 0 radical (unpaired) electrons. The Labute approximate surface area is 160 Å². The van der Waals surface area contributed by atoms with Gasteiger partial charge in [0.15, 0.2) is 5.13 Å². The summed E-state index contributed by atoms with van der Waals surface area (Å²) in [5.41, 5.74) is 2.52. The smallest absolute Gasteiger partial charge is 0.185 e. The molecular formula is C21H20F2N2OS. The van der Waals surface area contributed by atoms with Gasteiger partial charge in [0.25, 0.3) is 0 Å². The Hall–Kier alpha value is -2.31. The fourth-order valence-electron chi connectivity index (χ4n) is 3.50. The second kappa shape index (κ2) is 7.74. The van der Waals surface area contributed by atoms with E-state index in [4.69, 9.17) is 0 Å². The Morgan fingerprint density at radius 2 is 1.56 bits per heavy atom. The summed E-state index contributed by atoms with van der Waals surface area (Å²) >= 11 is 1.58. The summed E-state index contributed by atoms with van der Waals surface area (Å²) < 4.78 is 26.1. The summed E-state index contributed by atoms with van der Waals surface area (Å²) in [6.07, 6.45) is 1.13. The van der Waals surface area contributed by atoms with E-state index in [1.165, 1.54) is 24.3 Å². The molecule has 0 saturated carbocycles. The molecule has 1 aromatic heterocycles. The van der Waals surface area contributed by atoms with Crippen molar-refractivity contribution in [3.8, 4) is 11.3 Å². The van der Waals surface area contributed by atoms with E-state index in [0.717, 1.165) is 47.9 Å². The van der Waals surface area contributed by atoms with Crippen LogP contribution in [0.2, 0.25) is 0 Å². The van der Waals surface area contributed by atoms with Gasteiger partial charge in [0.1, 0.15) is 11.6 Å². The van der Waals surface area contributed by atoms with Gasteiger partial charge in [0, 0.05) is 24.0 Å². The van der Waals surface area contributed by atoms with E-state index in [-0.39, 0.29) is 17.6 Å². The van der Waals surface area contributed by atoms with Gasteiger partial charge in [0.05, 0.1) is 11.8 Å². The first-order valence-electron chi connectivity index (χ1n) is 9.00. The molecule has 1 saturated heterocycles. The monoisotopic (exact) mass is 386 g/mol. The number of thiazole rings is 1. The molecule has 1 unspecified atom stereocenters. The molecule has 2 aromatic carbocycles. The van der Waals surface area contributed by atoms with Gasteiger partial charge in [-0.2, -0.15) is 0 Å². The van der Waals surface area contributed by atoms with Crippen molar-refractivity contribution < 1.29 is 13.9 Å². The third-order valence-electron chi connectivity index (χ3n) is 5.10. The minimum Gasteiger partial charge on any atom is -0.388 e. The quantitative estimate of drug-likeness (QED) is 0.683. The molecule has 0 aliphatic carbocycles. The SMILES string of the molecule is OC(c1ccc(F)cc1)C1CCN(c2nc(-c3ccc(F)cc3)cs2)CC1. The van der Waals surface area contributed by atoms with Crippen LogP contribution in [0.3, 0.4) is 0 Å². The van der Waals surface area contributed by atoms with Crippen molar-refractivity contribution in [2.24, 2.45) is 5.92 Å². The molecular weight excluding hydrogens is 366 g/mol. The maximum atomic E-state index is 13.1. The number of hydrogen-bond acceptors (Lipinski definition) is 4. The zero-order valence-electron chi connectivity index (χ0n) is 14.7. The van der Waals surface area contributed by atoms with Gasteiger partial charge in [-0.3, -0.25) is 0 Å². The molecule has 3 aromatic rings. The number of aromatic nitrogens is 1. The molecule has 3 nitrogen and oxygen atoms in total. The molecule has 1 atom stereocenters. The Morgan fingerprint density at radius 3 is 2.19 bits per heavy atom. The van der Waals surface area contributed by atoms with Crippen molar-refractivity contribution >= 4 is 16.5 Å². The molecule has 0 spiro atoms. The summed E-state index contributed by atoms with van der Waals surface area (Å²) in [4.78, 5) is 6.92. The van der Waals surface area contributed by atoms with Crippen LogP contribution in [0.1, 0.15) is 24.5 Å². The Bertz CT molecular complexity index is 887. The number of aliphatic hydroxyl groups is 1. The van der Waals surface area contributed by atoms with Gasteiger partial charge in [-0.1, -0.05) is 12.1 Å². The van der Waals surface area contributed by atoms with Gasteiger partial charge in [-0.05, 0) is 60.7 Å². The maximum absolute atomic E-state index is 13.1. The van der Waals surface area contributed by atoms with E-state index >= 15 is 0 Å². The van der Waals surface area contributed by atoms with Gasteiger partial charge < -0.3 is 10.0 Å². The third kappa shape index (κ3) is 4.01. The summed E-state index contributed by atoms with van der Waals surface area (Å²) in [5.74, 6) is -0.388. The molecule has 1 fully saturated rings. The van der Waals surface area contributed by atoms with E-state index in [1.54, 1.807) is 35.6 Å². The van der Waals surface area contributed by atoms with Crippen LogP contribution in [-0.4, -0.2) is 23.2 Å². The van der Waals surface area contributed by atoms with E-state index in [2.05, 4.69) is 9.88 Å². The third-order valence-corrected chi connectivity index (χ3v) is 6.00. The highest BCUT2D eigenvalue weighted by Crippen LogP contribution is 2.34. The first-order valence-corrected chi connectivity index (χ1v) is 9.88. The zero-order chi connectivity index (χ0) is 18.8. The lowest BCUT2D eigenvalue weighted by molar-refractivity contribution is 0.0929. The summed E-state index contributed by atoms with van der Waals surface area (Å²) in [6.45, 7) is 1.64. The highest BCUT2D eigenvalue weighted by molar-refractivity contribution is 7.14. The van der Waals surface area contributed by atoms with E-state index in [0.29, 0.717) is 0 Å². The van der Waals surface area contributed by atoms with Gasteiger partial charge in [0.2, 0.25) is 0 Å². The maximum Gasteiger partial charge on any atom is 0.185 e. The minimum atomic E-state index is -0.571. The summed E-state index contributed by atoms with van der Waals surface area (Å²) in [7, 11) is 0. The molecule has 1 aliphatic heterocycles. The molecule has 1 aliphatic rings. The molecule has 1 N–H and O–H groups in total. The number of piperidine rings is 1. The van der Waals surface area contributed by atoms with Crippen molar-refractivity contribution in [3.63, 3.8) is 0 Å². The molecule has 6 heteroatoms. The molecule has 140 valence electrons. The lowest BCUT2D eigenvalue weighted by Gasteiger charge is -2.34. The van der Waals surface area contributed by atoms with Crippen LogP contribution in [0.15, 0.2) is 53.9 Å². The van der Waals surface area contributed by atoms with Crippen molar-refractivity contribution in [2.45, 2.75) is 18.9 Å². The fraction of sp³-hybridized carbons (Fsp3) is 0.286. The predicted molar refractivity (Wildman–Crippen MR) is 104 cm³/mol. The second-order valence-corrected chi connectivity index (χ2v) is 7.68. The average Bonchev–Trinajstić information content (AvgIpc) is 3.19. The topological polar surface area (TPSA) is 36.4 Å². The van der Waals surface area contributed by atoms with Crippen molar-refractivity contribution in [1.29, 1.82) is 0 Å². The van der Waals surface area contributed by atoms with Crippen LogP contribution >= 0.6 is 11.3 Å². The average molecular weight is 386 g/mol. The van der Waals surface area contributed by atoms with Crippen LogP contribution in [-0.2, 0) is 0 Å². The molecule has 27 heavy (non-hydrogen) atoms. The lowest BCUT2D eigenvalue weighted by Crippen LogP contribution is -2.35. The highest BCUT2D eigenvalue weighted by Gasteiger charge is 2.27. The minimum absolute atomic E-state index is 0.156. The first-order chi connectivity index (χ1) is 13.1. The Morgan fingerprint density at radius 1 is 0.963 bits per heavy atom. The number of benzene rings is 2. The molecule has 0 amide bonds. The van der Waals surface area contributed by atoms with E-state index in [1.807, 2.05) is 5.38 Å². The van der Waals surface area contributed by atoms with Crippen molar-refractivity contribution in [3.05, 3.63) is 71.1 Å². The van der Waals surface area contributed by atoms with Gasteiger partial charge >= 0.3 is 0 Å². The fourth-order valence-corrected chi connectivity index (χ4v) is 4.39. The van der Waals surface area contributed by atoms with E-state index in [9.17, 15) is 13.9 Å². The number of anilines is 1. The van der Waals surface area contributed by atoms with Crippen LogP contribution in [0.4, 0.5) is 13.9 Å². The van der Waals surface area contributed by atoms with Gasteiger partial charge in [-0.15, -0.1) is 11.3 Å². The standard InChI is InChI=1S/C21H20F2N2OS/c22-17-5-1-14(2-6-17)19-13-27-21(24-19)25-11-9-16(10-12-25)20(26)15-3-7-18(23)8-4-15/h1-8,13,16,20,26H,9-12H2. The van der Waals surface area contributed by atoms with Crippen LogP contribution < -0.4 is 4.90 Å². The largest absolute Gasteiger partial charge is 0.388 e. The van der Waals surface area contributed by atoms with Crippen LogP contribution in [0, 0.1) is 17.6 Å². The first kappa shape index (κ1) is 18.1. The van der Waals surface area contributed by atoms with Crippen LogP contribution in [0.5, 0.6) is 0 Å². The van der Waals surface area contributed by atoms with Crippen molar-refractivity contribution in [1.82, 2.24) is 4.98 Å². The van der Waals surface area contributed by atoms with Crippen LogP contribution in [0.25, 0.3) is 11.3 Å². The normalized spacial score (nSPS) is 16.5. The zero-order valence-corrected chi connectivity index (χ0v) is 15.5. The Balaban J connectivity index is 1.39. The lowest BCUT2D eigenvalue weighted by atomic mass is 9.87. The summed E-state index contributed by atoms with van der Waals surface area (Å²) in [5, 5.41) is 13.5.